The molecule has 30 heavy (non-hydrogen) atoms. The predicted molar refractivity (Wildman–Crippen MR) is 126 cm³/mol. The molecular formula is C25H25N3OS. The number of anilines is 1. The zero-order chi connectivity index (χ0) is 20.9. The summed E-state index contributed by atoms with van der Waals surface area (Å²) in [5.41, 5.74) is 5.34. The first-order valence-electron chi connectivity index (χ1n) is 10.0. The standard InChI is InChI=1S/C25H25N3OS/c1-4-29-20-14-16-21(17-15-20)30-28(3)23-13-9-8-12-22(23)24-18(2)26-25(27-24)19-10-6-5-7-11-19/h5-17H,4H2,1-3H3,(H,26,27). The van der Waals surface area contributed by atoms with Crippen molar-refractivity contribution < 1.29 is 4.74 Å². The summed E-state index contributed by atoms with van der Waals surface area (Å²) < 4.78 is 7.73. The minimum atomic E-state index is 0.674. The number of benzene rings is 3. The third-order valence-electron chi connectivity index (χ3n) is 4.81. The Morgan fingerprint density at radius 3 is 2.37 bits per heavy atom. The number of para-hydroxylation sites is 1. The predicted octanol–water partition coefficient (Wildman–Crippen LogP) is 6.59. The van der Waals surface area contributed by atoms with E-state index in [2.05, 4.69) is 71.8 Å². The number of aromatic amines is 1. The van der Waals surface area contributed by atoms with Crippen molar-refractivity contribution in [1.82, 2.24) is 9.97 Å². The van der Waals surface area contributed by atoms with E-state index in [4.69, 9.17) is 9.72 Å². The highest BCUT2D eigenvalue weighted by atomic mass is 32.2. The molecule has 1 N–H and O–H groups in total. The smallest absolute Gasteiger partial charge is 0.138 e. The van der Waals surface area contributed by atoms with Crippen molar-refractivity contribution in [3.63, 3.8) is 0 Å². The minimum absolute atomic E-state index is 0.674. The monoisotopic (exact) mass is 415 g/mol. The zero-order valence-electron chi connectivity index (χ0n) is 17.4. The minimum Gasteiger partial charge on any atom is -0.494 e. The van der Waals surface area contributed by atoms with Crippen LogP contribution >= 0.6 is 11.9 Å². The Labute approximate surface area is 182 Å². The van der Waals surface area contributed by atoms with E-state index < -0.39 is 0 Å². The second kappa shape index (κ2) is 9.09. The van der Waals surface area contributed by atoms with Gasteiger partial charge in [-0.2, -0.15) is 0 Å². The van der Waals surface area contributed by atoms with Gasteiger partial charge in [0.2, 0.25) is 0 Å². The van der Waals surface area contributed by atoms with Crippen LogP contribution in [0.3, 0.4) is 0 Å². The van der Waals surface area contributed by atoms with Crippen LogP contribution in [-0.2, 0) is 0 Å². The average Bonchev–Trinajstić information content (AvgIpc) is 3.17. The van der Waals surface area contributed by atoms with Gasteiger partial charge in [-0.05, 0) is 56.1 Å². The Balaban J connectivity index is 1.62. The number of hydrogen-bond acceptors (Lipinski definition) is 4. The Kier molecular flexibility index (Phi) is 6.10. The molecule has 0 saturated heterocycles. The fourth-order valence-corrected chi connectivity index (χ4v) is 4.21. The number of imidazole rings is 1. The summed E-state index contributed by atoms with van der Waals surface area (Å²) >= 11 is 1.68. The van der Waals surface area contributed by atoms with Crippen molar-refractivity contribution in [2.24, 2.45) is 0 Å². The molecule has 1 heterocycles. The van der Waals surface area contributed by atoms with Gasteiger partial charge >= 0.3 is 0 Å². The number of aryl methyl sites for hydroxylation is 1. The molecule has 0 atom stereocenters. The molecule has 4 rings (SSSR count). The first kappa shape index (κ1) is 20.1. The molecular weight excluding hydrogens is 390 g/mol. The van der Waals surface area contributed by atoms with Gasteiger partial charge in [0.1, 0.15) is 11.6 Å². The molecule has 0 amide bonds. The largest absolute Gasteiger partial charge is 0.494 e. The second-order valence-corrected chi connectivity index (χ2v) is 8.14. The number of nitrogens with zero attached hydrogens (tertiary/aromatic N) is 2. The molecule has 1 aromatic heterocycles. The molecule has 4 aromatic rings. The number of ether oxygens (including phenoxy) is 1. The van der Waals surface area contributed by atoms with Gasteiger partial charge in [-0.25, -0.2) is 4.98 Å². The normalized spacial score (nSPS) is 10.8. The molecule has 0 bridgehead atoms. The van der Waals surface area contributed by atoms with Crippen molar-refractivity contribution in [3.8, 4) is 28.4 Å². The van der Waals surface area contributed by atoms with Crippen molar-refractivity contribution in [2.45, 2.75) is 18.7 Å². The summed E-state index contributed by atoms with van der Waals surface area (Å²) in [6, 6.07) is 26.8. The summed E-state index contributed by atoms with van der Waals surface area (Å²) in [6.45, 7) is 4.74. The molecule has 0 saturated carbocycles. The van der Waals surface area contributed by atoms with Crippen molar-refractivity contribution in [2.75, 3.05) is 18.0 Å². The van der Waals surface area contributed by atoms with Crippen LogP contribution in [0.5, 0.6) is 5.75 Å². The van der Waals surface area contributed by atoms with Crippen LogP contribution in [0, 0.1) is 6.92 Å². The van der Waals surface area contributed by atoms with Gasteiger partial charge in [-0.3, -0.25) is 0 Å². The van der Waals surface area contributed by atoms with E-state index in [1.54, 1.807) is 11.9 Å². The highest BCUT2D eigenvalue weighted by Crippen LogP contribution is 2.37. The molecule has 0 radical (unpaired) electrons. The Morgan fingerprint density at radius 1 is 0.933 bits per heavy atom. The third-order valence-corrected chi connectivity index (χ3v) is 5.76. The van der Waals surface area contributed by atoms with Gasteiger partial charge in [0.15, 0.2) is 0 Å². The Bertz CT molecular complexity index is 1110. The fraction of sp³-hybridized carbons (Fsp3) is 0.160. The van der Waals surface area contributed by atoms with Crippen molar-refractivity contribution in [1.29, 1.82) is 0 Å². The van der Waals surface area contributed by atoms with Crippen LogP contribution in [0.4, 0.5) is 5.69 Å². The molecule has 0 aliphatic rings. The molecule has 3 aromatic carbocycles. The maximum absolute atomic E-state index is 5.54. The highest BCUT2D eigenvalue weighted by molar-refractivity contribution is 8.00. The first-order valence-corrected chi connectivity index (χ1v) is 10.8. The molecule has 152 valence electrons. The first-order chi connectivity index (χ1) is 14.7. The van der Waals surface area contributed by atoms with E-state index >= 15 is 0 Å². The molecule has 0 spiro atoms. The third kappa shape index (κ3) is 4.36. The lowest BCUT2D eigenvalue weighted by atomic mass is 10.1. The SMILES string of the molecule is CCOc1ccc(SN(C)c2ccccc2-c2nc(-c3ccccc3)[nH]c2C)cc1. The topological polar surface area (TPSA) is 41.1 Å². The molecule has 5 heteroatoms. The summed E-state index contributed by atoms with van der Waals surface area (Å²) in [7, 11) is 2.08. The summed E-state index contributed by atoms with van der Waals surface area (Å²) in [4.78, 5) is 9.52. The van der Waals surface area contributed by atoms with Gasteiger partial charge in [-0.1, -0.05) is 48.5 Å². The average molecular weight is 416 g/mol. The van der Waals surface area contributed by atoms with Crippen LogP contribution in [0.25, 0.3) is 22.6 Å². The van der Waals surface area contributed by atoms with E-state index in [-0.39, 0.29) is 0 Å². The van der Waals surface area contributed by atoms with E-state index in [1.807, 2.05) is 37.3 Å². The number of H-pyrrole nitrogens is 1. The molecule has 0 fully saturated rings. The van der Waals surface area contributed by atoms with Gasteiger partial charge in [0, 0.05) is 28.8 Å². The number of aromatic nitrogens is 2. The van der Waals surface area contributed by atoms with Crippen LogP contribution < -0.4 is 9.04 Å². The number of hydrogen-bond donors (Lipinski definition) is 1. The molecule has 0 aliphatic carbocycles. The van der Waals surface area contributed by atoms with Gasteiger partial charge in [0.05, 0.1) is 18.0 Å². The Hall–Kier alpha value is -3.18. The van der Waals surface area contributed by atoms with Gasteiger partial charge in [0.25, 0.3) is 0 Å². The van der Waals surface area contributed by atoms with E-state index in [0.717, 1.165) is 44.7 Å². The summed E-state index contributed by atoms with van der Waals surface area (Å²) in [6.07, 6.45) is 0. The van der Waals surface area contributed by atoms with Gasteiger partial charge < -0.3 is 14.0 Å². The molecule has 4 nitrogen and oxygen atoms in total. The number of rotatable bonds is 7. The second-order valence-electron chi connectivity index (χ2n) is 6.94. The van der Waals surface area contributed by atoms with Crippen LogP contribution in [-0.4, -0.2) is 23.6 Å². The lowest BCUT2D eigenvalue weighted by molar-refractivity contribution is 0.340. The van der Waals surface area contributed by atoms with Crippen molar-refractivity contribution in [3.05, 3.63) is 84.6 Å². The maximum Gasteiger partial charge on any atom is 0.138 e. The molecule has 0 unspecified atom stereocenters. The maximum atomic E-state index is 5.54. The molecule has 0 aliphatic heterocycles. The Morgan fingerprint density at radius 2 is 1.63 bits per heavy atom. The van der Waals surface area contributed by atoms with Crippen molar-refractivity contribution >= 4 is 17.6 Å². The number of nitrogens with one attached hydrogen (secondary N) is 1. The van der Waals surface area contributed by atoms with E-state index in [1.165, 1.54) is 0 Å². The quantitative estimate of drug-likeness (QED) is 0.346. The van der Waals surface area contributed by atoms with Crippen LogP contribution in [0.2, 0.25) is 0 Å². The lowest BCUT2D eigenvalue weighted by Gasteiger charge is -2.21. The van der Waals surface area contributed by atoms with Gasteiger partial charge in [-0.15, -0.1) is 0 Å². The highest BCUT2D eigenvalue weighted by Gasteiger charge is 2.16. The van der Waals surface area contributed by atoms with Crippen LogP contribution in [0.15, 0.2) is 83.8 Å². The van der Waals surface area contributed by atoms with Crippen LogP contribution in [0.1, 0.15) is 12.6 Å². The lowest BCUT2D eigenvalue weighted by Crippen LogP contribution is -2.07. The fourth-order valence-electron chi connectivity index (χ4n) is 3.37. The summed E-state index contributed by atoms with van der Waals surface area (Å²) in [5, 5.41) is 0. The van der Waals surface area contributed by atoms with E-state index in [9.17, 15) is 0 Å². The van der Waals surface area contributed by atoms with E-state index in [0.29, 0.717) is 6.61 Å². The zero-order valence-corrected chi connectivity index (χ0v) is 18.2. The summed E-state index contributed by atoms with van der Waals surface area (Å²) in [5.74, 6) is 1.78.